The van der Waals surface area contributed by atoms with E-state index >= 15 is 0 Å². The molecule has 0 heterocycles. The van der Waals surface area contributed by atoms with Crippen LogP contribution in [-0.4, -0.2) is 12.1 Å². The average molecular weight is 198 g/mol. The van der Waals surface area contributed by atoms with Gasteiger partial charge in [0, 0.05) is 6.08 Å². The van der Waals surface area contributed by atoms with Crippen LogP contribution in [0.25, 0.3) is 0 Å². The normalized spacial score (nSPS) is 11.9. The first-order valence-electron chi connectivity index (χ1n) is 5.44. The predicted octanol–water partition coefficient (Wildman–Crippen LogP) is 3.46. The van der Waals surface area contributed by atoms with Crippen molar-refractivity contribution in [3.63, 3.8) is 0 Å². The molecule has 0 atom stereocenters. The molecule has 0 aliphatic rings. The first kappa shape index (κ1) is 13.2. The molecule has 2 heteroatoms. The van der Waals surface area contributed by atoms with E-state index in [2.05, 4.69) is 6.92 Å². The molecule has 0 aliphatic heterocycles. The number of carbonyl (C=O) groups is 1. The van der Waals surface area contributed by atoms with Gasteiger partial charge in [-0.25, -0.2) is 4.79 Å². The molecule has 0 spiro atoms. The first-order valence-corrected chi connectivity index (χ1v) is 5.44. The van der Waals surface area contributed by atoms with E-state index in [0.717, 1.165) is 18.4 Å². The fourth-order valence-corrected chi connectivity index (χ4v) is 1.19. The first-order chi connectivity index (χ1) is 6.56. The van der Waals surface area contributed by atoms with Crippen LogP contribution in [0.15, 0.2) is 11.6 Å². The lowest BCUT2D eigenvalue weighted by atomic mass is 10.1. The van der Waals surface area contributed by atoms with Crippen LogP contribution in [-0.2, 0) is 9.53 Å². The van der Waals surface area contributed by atoms with Gasteiger partial charge in [0.1, 0.15) is 0 Å². The van der Waals surface area contributed by atoms with Crippen molar-refractivity contribution in [2.24, 2.45) is 0 Å². The fraction of sp³-hybridized carbons (Fsp3) is 0.750. The van der Waals surface area contributed by atoms with Crippen LogP contribution in [0.1, 0.15) is 53.4 Å². The van der Waals surface area contributed by atoms with Crippen LogP contribution in [0, 0.1) is 0 Å². The van der Waals surface area contributed by atoms with E-state index < -0.39 is 0 Å². The van der Waals surface area contributed by atoms with Crippen molar-refractivity contribution >= 4 is 5.97 Å². The Morgan fingerprint density at radius 1 is 1.36 bits per heavy atom. The number of hydrogen-bond acceptors (Lipinski definition) is 2. The molecule has 0 saturated carbocycles. The molecule has 0 bridgehead atoms. The Kier molecular flexibility index (Phi) is 7.17. The molecule has 0 unspecified atom stereocenters. The van der Waals surface area contributed by atoms with Crippen molar-refractivity contribution in [1.82, 2.24) is 0 Å². The lowest BCUT2D eigenvalue weighted by molar-refractivity contribution is -0.141. The van der Waals surface area contributed by atoms with Crippen molar-refractivity contribution in [1.29, 1.82) is 0 Å². The fourth-order valence-electron chi connectivity index (χ4n) is 1.19. The second-order valence-electron chi connectivity index (χ2n) is 3.93. The van der Waals surface area contributed by atoms with Gasteiger partial charge in [-0.15, -0.1) is 0 Å². The molecule has 0 rings (SSSR count). The maximum Gasteiger partial charge on any atom is 0.330 e. The Balaban J connectivity index is 3.78. The van der Waals surface area contributed by atoms with Gasteiger partial charge in [-0.3, -0.25) is 0 Å². The maximum atomic E-state index is 11.2. The molecule has 0 aromatic carbocycles. The van der Waals surface area contributed by atoms with E-state index in [-0.39, 0.29) is 12.1 Å². The molecule has 0 amide bonds. The van der Waals surface area contributed by atoms with Crippen LogP contribution in [0.3, 0.4) is 0 Å². The summed E-state index contributed by atoms with van der Waals surface area (Å²) in [6, 6.07) is 0. The van der Waals surface area contributed by atoms with Crippen LogP contribution < -0.4 is 0 Å². The van der Waals surface area contributed by atoms with E-state index in [9.17, 15) is 4.79 Å². The Morgan fingerprint density at radius 2 is 2.00 bits per heavy atom. The number of allylic oxidation sites excluding steroid dienone is 1. The predicted molar refractivity (Wildman–Crippen MR) is 59.1 cm³/mol. The lowest BCUT2D eigenvalue weighted by Gasteiger charge is -2.05. The quantitative estimate of drug-likeness (QED) is 0.371. The molecular weight excluding hydrogens is 176 g/mol. The third-order valence-corrected chi connectivity index (χ3v) is 1.89. The second-order valence-corrected chi connectivity index (χ2v) is 3.93. The standard InChI is InChI=1S/C12H22O2/c1-5-6-7-8-11(4)9-12(13)14-10(2)3/h9-10H,5-8H2,1-4H3/b11-9+. The molecular formula is C12H22O2. The van der Waals surface area contributed by atoms with Crippen molar-refractivity contribution in [3.8, 4) is 0 Å². The summed E-state index contributed by atoms with van der Waals surface area (Å²) in [6.07, 6.45) is 6.18. The number of unbranched alkanes of at least 4 members (excludes halogenated alkanes) is 2. The minimum atomic E-state index is -0.214. The summed E-state index contributed by atoms with van der Waals surface area (Å²) < 4.78 is 5.01. The SMILES string of the molecule is CCCCC/C(C)=C/C(=O)OC(C)C. The van der Waals surface area contributed by atoms with Crippen molar-refractivity contribution < 1.29 is 9.53 Å². The summed E-state index contributed by atoms with van der Waals surface area (Å²) >= 11 is 0. The van der Waals surface area contributed by atoms with Crippen LogP contribution in [0.5, 0.6) is 0 Å². The van der Waals surface area contributed by atoms with E-state index in [1.165, 1.54) is 12.8 Å². The summed E-state index contributed by atoms with van der Waals surface area (Å²) in [5.74, 6) is -0.214. The molecule has 0 N–H and O–H groups in total. The minimum Gasteiger partial charge on any atom is -0.460 e. The highest BCUT2D eigenvalue weighted by molar-refractivity contribution is 5.82. The van der Waals surface area contributed by atoms with Gasteiger partial charge in [-0.2, -0.15) is 0 Å². The Hall–Kier alpha value is -0.790. The van der Waals surface area contributed by atoms with E-state index in [1.807, 2.05) is 20.8 Å². The van der Waals surface area contributed by atoms with Gasteiger partial charge in [0.15, 0.2) is 0 Å². The molecule has 2 nitrogen and oxygen atoms in total. The third kappa shape index (κ3) is 7.84. The topological polar surface area (TPSA) is 26.3 Å². The second kappa shape index (κ2) is 7.60. The molecule has 0 aliphatic carbocycles. The summed E-state index contributed by atoms with van der Waals surface area (Å²) in [4.78, 5) is 11.2. The minimum absolute atomic E-state index is 0.0257. The molecule has 0 aromatic rings. The summed E-state index contributed by atoms with van der Waals surface area (Å²) in [5.41, 5.74) is 1.11. The van der Waals surface area contributed by atoms with Gasteiger partial charge in [0.2, 0.25) is 0 Å². The van der Waals surface area contributed by atoms with Gasteiger partial charge < -0.3 is 4.74 Å². The van der Waals surface area contributed by atoms with Crippen LogP contribution in [0.2, 0.25) is 0 Å². The number of rotatable bonds is 6. The maximum absolute atomic E-state index is 11.2. The zero-order valence-electron chi connectivity index (χ0n) is 9.80. The summed E-state index contributed by atoms with van der Waals surface area (Å²) in [7, 11) is 0. The van der Waals surface area contributed by atoms with Crippen molar-refractivity contribution in [2.45, 2.75) is 59.5 Å². The average Bonchev–Trinajstić information content (AvgIpc) is 2.02. The van der Waals surface area contributed by atoms with Gasteiger partial charge in [0.05, 0.1) is 6.10 Å². The molecule has 14 heavy (non-hydrogen) atoms. The summed E-state index contributed by atoms with van der Waals surface area (Å²) in [5, 5.41) is 0. The van der Waals surface area contributed by atoms with Gasteiger partial charge in [-0.1, -0.05) is 25.3 Å². The molecule has 82 valence electrons. The van der Waals surface area contributed by atoms with E-state index in [1.54, 1.807) is 6.08 Å². The highest BCUT2D eigenvalue weighted by Crippen LogP contribution is 2.08. The Morgan fingerprint density at radius 3 is 2.50 bits per heavy atom. The van der Waals surface area contributed by atoms with Crippen molar-refractivity contribution in [3.05, 3.63) is 11.6 Å². The van der Waals surface area contributed by atoms with Gasteiger partial charge in [0.25, 0.3) is 0 Å². The highest BCUT2D eigenvalue weighted by Gasteiger charge is 2.01. The van der Waals surface area contributed by atoms with E-state index in [0.29, 0.717) is 0 Å². The zero-order chi connectivity index (χ0) is 11.0. The van der Waals surface area contributed by atoms with Crippen LogP contribution >= 0.6 is 0 Å². The Labute approximate surface area is 87.3 Å². The largest absolute Gasteiger partial charge is 0.460 e. The van der Waals surface area contributed by atoms with E-state index in [4.69, 9.17) is 4.74 Å². The monoisotopic (exact) mass is 198 g/mol. The highest BCUT2D eigenvalue weighted by atomic mass is 16.5. The van der Waals surface area contributed by atoms with Crippen LogP contribution in [0.4, 0.5) is 0 Å². The molecule has 0 saturated heterocycles. The zero-order valence-corrected chi connectivity index (χ0v) is 9.80. The number of ether oxygens (including phenoxy) is 1. The molecule has 0 fully saturated rings. The smallest absolute Gasteiger partial charge is 0.330 e. The van der Waals surface area contributed by atoms with Gasteiger partial charge >= 0.3 is 5.97 Å². The van der Waals surface area contributed by atoms with Gasteiger partial charge in [-0.05, 0) is 33.6 Å². The summed E-state index contributed by atoms with van der Waals surface area (Å²) in [6.45, 7) is 7.87. The third-order valence-electron chi connectivity index (χ3n) is 1.89. The molecule has 0 radical (unpaired) electrons. The molecule has 0 aromatic heterocycles. The number of esters is 1. The lowest BCUT2D eigenvalue weighted by Crippen LogP contribution is -2.08. The number of hydrogen-bond donors (Lipinski definition) is 0. The number of carbonyl (C=O) groups excluding carboxylic acids is 1. The van der Waals surface area contributed by atoms with Crippen molar-refractivity contribution in [2.75, 3.05) is 0 Å². The Bertz CT molecular complexity index is 192.